The zero-order chi connectivity index (χ0) is 18.1. The number of nitrogens with one attached hydrogen (secondary N) is 3. The van der Waals surface area contributed by atoms with E-state index in [0.29, 0.717) is 19.0 Å². The molecule has 1 heterocycles. The molecule has 0 radical (unpaired) electrons. The molecule has 7 nitrogen and oxygen atoms in total. The SMILES string of the molecule is CCNC(=NCc1ccc(S(=O)(=O)NC)cc1)NCc1ccccn1.I. The van der Waals surface area contributed by atoms with Gasteiger partial charge in [-0.25, -0.2) is 18.1 Å². The number of nitrogens with zero attached hydrogens (tertiary/aromatic N) is 2. The first kappa shape index (κ1) is 22.3. The second-order valence-electron chi connectivity index (χ2n) is 5.22. The molecule has 0 spiro atoms. The normalized spacial score (nSPS) is 11.5. The molecule has 2 rings (SSSR count). The van der Waals surface area contributed by atoms with Crippen LogP contribution in [-0.2, 0) is 23.1 Å². The molecule has 0 aliphatic carbocycles. The van der Waals surface area contributed by atoms with E-state index < -0.39 is 10.0 Å². The molecular weight excluding hydrogens is 465 g/mol. The monoisotopic (exact) mass is 489 g/mol. The van der Waals surface area contributed by atoms with Crippen LogP contribution in [0.25, 0.3) is 0 Å². The number of rotatable bonds is 7. The van der Waals surface area contributed by atoms with Gasteiger partial charge in [0.05, 0.1) is 23.7 Å². The molecule has 0 saturated heterocycles. The van der Waals surface area contributed by atoms with Gasteiger partial charge in [0.25, 0.3) is 0 Å². The Kier molecular flexibility index (Phi) is 9.52. The van der Waals surface area contributed by atoms with Crippen molar-refractivity contribution < 1.29 is 8.42 Å². The number of pyridine rings is 1. The lowest BCUT2D eigenvalue weighted by atomic mass is 10.2. The Labute approximate surface area is 171 Å². The summed E-state index contributed by atoms with van der Waals surface area (Å²) in [5.74, 6) is 0.681. The minimum absolute atomic E-state index is 0. The van der Waals surface area contributed by atoms with Gasteiger partial charge in [-0.2, -0.15) is 0 Å². The van der Waals surface area contributed by atoms with Crippen molar-refractivity contribution in [2.24, 2.45) is 4.99 Å². The van der Waals surface area contributed by atoms with E-state index in [1.54, 1.807) is 30.5 Å². The van der Waals surface area contributed by atoms with Crippen LogP contribution in [0.4, 0.5) is 0 Å². The zero-order valence-electron chi connectivity index (χ0n) is 14.8. The summed E-state index contributed by atoms with van der Waals surface area (Å²) in [5, 5.41) is 6.40. The van der Waals surface area contributed by atoms with Crippen molar-refractivity contribution in [3.8, 4) is 0 Å². The highest BCUT2D eigenvalue weighted by atomic mass is 127. The molecule has 0 bridgehead atoms. The maximum atomic E-state index is 11.7. The van der Waals surface area contributed by atoms with Gasteiger partial charge in [0.15, 0.2) is 5.96 Å². The summed E-state index contributed by atoms with van der Waals surface area (Å²) in [6.45, 7) is 3.76. The van der Waals surface area contributed by atoms with Crippen molar-refractivity contribution in [3.63, 3.8) is 0 Å². The lowest BCUT2D eigenvalue weighted by molar-refractivity contribution is 0.588. The lowest BCUT2D eigenvalue weighted by Crippen LogP contribution is -2.37. The molecule has 0 aliphatic rings. The van der Waals surface area contributed by atoms with Crippen LogP contribution < -0.4 is 15.4 Å². The summed E-state index contributed by atoms with van der Waals surface area (Å²) in [6, 6.07) is 12.4. The van der Waals surface area contributed by atoms with Gasteiger partial charge in [-0.1, -0.05) is 18.2 Å². The molecule has 142 valence electrons. The van der Waals surface area contributed by atoms with Gasteiger partial charge >= 0.3 is 0 Å². The van der Waals surface area contributed by atoms with Crippen LogP contribution in [0.5, 0.6) is 0 Å². The van der Waals surface area contributed by atoms with Gasteiger partial charge in [-0.15, -0.1) is 24.0 Å². The number of guanidine groups is 1. The quantitative estimate of drug-likeness (QED) is 0.314. The maximum absolute atomic E-state index is 11.7. The number of hydrogen-bond donors (Lipinski definition) is 3. The highest BCUT2D eigenvalue weighted by Gasteiger charge is 2.10. The molecule has 0 fully saturated rings. The van der Waals surface area contributed by atoms with E-state index in [2.05, 4.69) is 25.3 Å². The fourth-order valence-electron chi connectivity index (χ4n) is 2.08. The fraction of sp³-hybridized carbons (Fsp3) is 0.294. The third-order valence-corrected chi connectivity index (χ3v) is 4.86. The second-order valence-corrected chi connectivity index (χ2v) is 7.11. The molecule has 0 unspecified atom stereocenters. The summed E-state index contributed by atoms with van der Waals surface area (Å²) in [5.41, 5.74) is 1.85. The number of hydrogen-bond acceptors (Lipinski definition) is 4. The van der Waals surface area contributed by atoms with Crippen LogP contribution in [0.15, 0.2) is 58.5 Å². The van der Waals surface area contributed by atoms with Crippen molar-refractivity contribution >= 4 is 40.0 Å². The summed E-state index contributed by atoms with van der Waals surface area (Å²) in [7, 11) is -2.02. The Bertz CT molecular complexity index is 796. The number of halogens is 1. The van der Waals surface area contributed by atoms with E-state index in [0.717, 1.165) is 17.8 Å². The van der Waals surface area contributed by atoms with Gasteiger partial charge in [0, 0.05) is 12.7 Å². The number of benzene rings is 1. The van der Waals surface area contributed by atoms with Crippen molar-refractivity contribution in [2.75, 3.05) is 13.6 Å². The summed E-state index contributed by atoms with van der Waals surface area (Å²) in [6.07, 6.45) is 1.75. The molecule has 3 N–H and O–H groups in total. The first-order valence-electron chi connectivity index (χ1n) is 7.99. The number of aliphatic imine (C=N–C) groups is 1. The van der Waals surface area contributed by atoms with Crippen molar-refractivity contribution in [2.45, 2.75) is 24.9 Å². The predicted octanol–water partition coefficient (Wildman–Crippen LogP) is 1.86. The number of aromatic nitrogens is 1. The molecular formula is C17H24IN5O2S. The molecule has 0 atom stereocenters. The van der Waals surface area contributed by atoms with Crippen LogP contribution in [0.3, 0.4) is 0 Å². The van der Waals surface area contributed by atoms with Gasteiger partial charge in [-0.05, 0) is 43.8 Å². The Morgan fingerprint density at radius 1 is 1.12 bits per heavy atom. The fourth-order valence-corrected chi connectivity index (χ4v) is 2.81. The molecule has 0 aliphatic heterocycles. The van der Waals surface area contributed by atoms with E-state index in [-0.39, 0.29) is 28.9 Å². The highest BCUT2D eigenvalue weighted by molar-refractivity contribution is 14.0. The van der Waals surface area contributed by atoms with Crippen LogP contribution in [0.1, 0.15) is 18.2 Å². The smallest absolute Gasteiger partial charge is 0.240 e. The van der Waals surface area contributed by atoms with E-state index in [4.69, 9.17) is 0 Å². The van der Waals surface area contributed by atoms with E-state index in [1.165, 1.54) is 7.05 Å². The van der Waals surface area contributed by atoms with E-state index in [1.807, 2.05) is 25.1 Å². The molecule has 26 heavy (non-hydrogen) atoms. The average Bonchev–Trinajstić information content (AvgIpc) is 2.65. The molecule has 1 aromatic heterocycles. The first-order chi connectivity index (χ1) is 12.0. The summed E-state index contributed by atoms with van der Waals surface area (Å²) in [4.78, 5) is 9.01. The molecule has 0 saturated carbocycles. The first-order valence-corrected chi connectivity index (χ1v) is 9.48. The van der Waals surface area contributed by atoms with Crippen molar-refractivity contribution in [1.82, 2.24) is 20.3 Å². The molecule has 0 amide bonds. The lowest BCUT2D eigenvalue weighted by Gasteiger charge is -2.11. The van der Waals surface area contributed by atoms with E-state index >= 15 is 0 Å². The van der Waals surface area contributed by atoms with Crippen LogP contribution in [0.2, 0.25) is 0 Å². The largest absolute Gasteiger partial charge is 0.357 e. The zero-order valence-corrected chi connectivity index (χ0v) is 17.9. The number of sulfonamides is 1. The Balaban J connectivity index is 0.00000338. The Morgan fingerprint density at radius 3 is 2.42 bits per heavy atom. The van der Waals surface area contributed by atoms with Crippen LogP contribution >= 0.6 is 24.0 Å². The summed E-state index contributed by atoms with van der Waals surface area (Å²) >= 11 is 0. The molecule has 1 aromatic carbocycles. The van der Waals surface area contributed by atoms with Crippen molar-refractivity contribution in [1.29, 1.82) is 0 Å². The van der Waals surface area contributed by atoms with Crippen LogP contribution in [-0.4, -0.2) is 33.0 Å². The second kappa shape index (κ2) is 11.1. The topological polar surface area (TPSA) is 95.5 Å². The molecule has 2 aromatic rings. The van der Waals surface area contributed by atoms with E-state index in [9.17, 15) is 8.42 Å². The van der Waals surface area contributed by atoms with Gasteiger partial charge < -0.3 is 10.6 Å². The third kappa shape index (κ3) is 6.89. The molecule has 9 heteroatoms. The minimum atomic E-state index is -3.41. The third-order valence-electron chi connectivity index (χ3n) is 3.43. The van der Waals surface area contributed by atoms with Crippen molar-refractivity contribution in [3.05, 3.63) is 59.9 Å². The Morgan fingerprint density at radius 2 is 1.85 bits per heavy atom. The van der Waals surface area contributed by atoms with Gasteiger partial charge in [0.1, 0.15) is 0 Å². The summed E-state index contributed by atoms with van der Waals surface area (Å²) < 4.78 is 25.7. The average molecular weight is 489 g/mol. The minimum Gasteiger partial charge on any atom is -0.357 e. The van der Waals surface area contributed by atoms with Gasteiger partial charge in [0.2, 0.25) is 10.0 Å². The van der Waals surface area contributed by atoms with Gasteiger partial charge in [-0.3, -0.25) is 4.98 Å². The maximum Gasteiger partial charge on any atom is 0.240 e. The standard InChI is InChI=1S/C17H23N5O2S.HI/c1-3-19-17(22-13-15-6-4-5-11-20-15)21-12-14-7-9-16(10-8-14)25(23,24)18-2;/h4-11,18H,3,12-13H2,1-2H3,(H2,19,21,22);1H. The Hall–Kier alpha value is -1.72. The highest BCUT2D eigenvalue weighted by Crippen LogP contribution is 2.10. The predicted molar refractivity (Wildman–Crippen MR) is 114 cm³/mol. The van der Waals surface area contributed by atoms with Crippen LogP contribution in [0, 0.1) is 0 Å².